The highest BCUT2D eigenvalue weighted by atomic mass is 35.5. The first-order valence-corrected chi connectivity index (χ1v) is 8.24. The normalized spacial score (nSPS) is 20.6. The smallest absolute Gasteiger partial charge is 0.415 e. The van der Waals surface area contributed by atoms with Crippen molar-refractivity contribution in [3.05, 3.63) is 83.0 Å². The molecule has 0 aromatic heterocycles. The Labute approximate surface area is 157 Å². The van der Waals surface area contributed by atoms with Crippen LogP contribution >= 0.6 is 11.6 Å². The van der Waals surface area contributed by atoms with Crippen LogP contribution in [-0.4, -0.2) is 22.8 Å². The van der Waals surface area contributed by atoms with Crippen LogP contribution in [0.25, 0.3) is 0 Å². The highest BCUT2D eigenvalue weighted by Crippen LogP contribution is 2.57. The zero-order valence-corrected chi connectivity index (χ0v) is 14.6. The minimum absolute atomic E-state index is 0.209. The Morgan fingerprint density at radius 1 is 1.07 bits per heavy atom. The van der Waals surface area contributed by atoms with E-state index in [4.69, 9.17) is 16.3 Å². The summed E-state index contributed by atoms with van der Waals surface area (Å²) in [6, 6.07) is 11.0. The summed E-state index contributed by atoms with van der Waals surface area (Å²) in [5.41, 5.74) is -0.942. The zero-order valence-electron chi connectivity index (χ0n) is 13.8. The summed E-state index contributed by atoms with van der Waals surface area (Å²) in [5.74, 6) is -9.17. The van der Waals surface area contributed by atoms with Gasteiger partial charge < -0.3 is 4.74 Å². The molecular formula is C19H14ClF4NO2. The number of carbonyl (C=O) groups excluding carboxylic acids is 1. The molecule has 0 spiro atoms. The quantitative estimate of drug-likeness (QED) is 0.609. The molecule has 27 heavy (non-hydrogen) atoms. The maximum Gasteiger partial charge on any atom is 0.415 e. The van der Waals surface area contributed by atoms with Gasteiger partial charge in [-0.3, -0.25) is 4.90 Å². The topological polar surface area (TPSA) is 29.5 Å². The lowest BCUT2D eigenvalue weighted by atomic mass is 10.00. The number of ether oxygens (including phenoxy) is 1. The van der Waals surface area contributed by atoms with Crippen LogP contribution in [0.2, 0.25) is 5.02 Å². The minimum Gasteiger partial charge on any atom is -0.444 e. The summed E-state index contributed by atoms with van der Waals surface area (Å²) in [4.78, 5) is 12.6. The Hall–Kier alpha value is -2.54. The molecule has 0 saturated carbocycles. The molecular weight excluding hydrogens is 386 g/mol. The van der Waals surface area contributed by atoms with Crippen LogP contribution in [0, 0.1) is 0 Å². The number of benzene rings is 2. The van der Waals surface area contributed by atoms with Crippen molar-refractivity contribution in [2.45, 2.75) is 24.5 Å². The van der Waals surface area contributed by atoms with Gasteiger partial charge >= 0.3 is 17.9 Å². The van der Waals surface area contributed by atoms with Crippen molar-refractivity contribution in [3.8, 4) is 0 Å². The van der Waals surface area contributed by atoms with Crippen LogP contribution in [0.5, 0.6) is 0 Å². The number of alkyl halides is 4. The number of hydrogen-bond acceptors (Lipinski definition) is 2. The van der Waals surface area contributed by atoms with Crippen LogP contribution < -0.4 is 0 Å². The summed E-state index contributed by atoms with van der Waals surface area (Å²) in [6.07, 6.45) is -1.33. The molecule has 0 N–H and O–H groups in total. The number of allylic oxidation sites excluding steroid dienone is 1. The van der Waals surface area contributed by atoms with Gasteiger partial charge in [0, 0.05) is 5.02 Å². The molecule has 8 heteroatoms. The molecule has 1 fully saturated rings. The molecule has 3 nitrogen and oxygen atoms in total. The molecule has 142 valence electrons. The standard InChI is InChI=1S/C19H14ClF4NO2/c1-12-18(21,22)19(23,24)16(14-7-9-15(20)10-8-14)25(12)17(26)27-11-13-5-3-2-4-6-13/h2-10,16H,1,11H2. The maximum atomic E-state index is 14.5. The fraction of sp³-hybridized carbons (Fsp3) is 0.211. The van der Waals surface area contributed by atoms with Gasteiger partial charge in [0.25, 0.3) is 0 Å². The number of carbonyl (C=O) groups is 1. The van der Waals surface area contributed by atoms with Gasteiger partial charge in [-0.1, -0.05) is 60.6 Å². The first-order chi connectivity index (χ1) is 12.7. The molecule has 1 unspecified atom stereocenters. The molecule has 3 rings (SSSR count). The third-order valence-electron chi connectivity index (χ3n) is 4.26. The van der Waals surface area contributed by atoms with Crippen molar-refractivity contribution in [1.29, 1.82) is 0 Å². The van der Waals surface area contributed by atoms with Crippen molar-refractivity contribution < 1.29 is 27.1 Å². The first kappa shape index (κ1) is 19.2. The molecule has 1 saturated heterocycles. The Bertz CT molecular complexity index is 856. The average molecular weight is 400 g/mol. The monoisotopic (exact) mass is 399 g/mol. The molecule has 1 heterocycles. The predicted octanol–water partition coefficient (Wildman–Crippen LogP) is 5.82. The van der Waals surface area contributed by atoms with Crippen molar-refractivity contribution in [2.24, 2.45) is 0 Å². The van der Waals surface area contributed by atoms with E-state index in [1.807, 2.05) is 0 Å². The lowest BCUT2D eigenvalue weighted by molar-refractivity contribution is -0.179. The highest BCUT2D eigenvalue weighted by molar-refractivity contribution is 6.30. The van der Waals surface area contributed by atoms with E-state index in [-0.39, 0.29) is 22.1 Å². The zero-order chi connectivity index (χ0) is 19.8. The van der Waals surface area contributed by atoms with E-state index >= 15 is 0 Å². The Kier molecular flexibility index (Phi) is 4.90. The molecule has 1 atom stereocenters. The molecule has 2 aromatic carbocycles. The van der Waals surface area contributed by atoms with E-state index in [1.165, 1.54) is 12.1 Å². The molecule has 0 radical (unpaired) electrons. The van der Waals surface area contributed by atoms with E-state index in [2.05, 4.69) is 6.58 Å². The van der Waals surface area contributed by atoms with Gasteiger partial charge in [-0.05, 0) is 23.3 Å². The Balaban J connectivity index is 1.93. The predicted molar refractivity (Wildman–Crippen MR) is 91.7 cm³/mol. The van der Waals surface area contributed by atoms with E-state index in [0.717, 1.165) is 12.1 Å². The molecule has 1 aliphatic rings. The number of halogens is 5. The van der Waals surface area contributed by atoms with E-state index in [0.29, 0.717) is 5.56 Å². The SMILES string of the molecule is C=C1N(C(=O)OCc2ccccc2)C(c2ccc(Cl)cc2)C(F)(F)C1(F)F. The summed E-state index contributed by atoms with van der Waals surface area (Å²) >= 11 is 5.73. The first-order valence-electron chi connectivity index (χ1n) is 7.86. The van der Waals surface area contributed by atoms with Gasteiger partial charge in [0.2, 0.25) is 0 Å². The number of rotatable bonds is 3. The van der Waals surface area contributed by atoms with Gasteiger partial charge in [0.05, 0.1) is 5.70 Å². The number of amides is 1. The second-order valence-corrected chi connectivity index (χ2v) is 6.44. The Morgan fingerprint density at radius 2 is 1.67 bits per heavy atom. The third-order valence-corrected chi connectivity index (χ3v) is 4.51. The van der Waals surface area contributed by atoms with Gasteiger partial charge in [-0.15, -0.1) is 0 Å². The Morgan fingerprint density at radius 3 is 2.26 bits per heavy atom. The highest BCUT2D eigenvalue weighted by Gasteiger charge is 2.73. The van der Waals surface area contributed by atoms with E-state index in [1.54, 1.807) is 30.3 Å². The van der Waals surface area contributed by atoms with Crippen LogP contribution in [0.1, 0.15) is 17.2 Å². The fourth-order valence-corrected chi connectivity index (χ4v) is 2.97. The fourth-order valence-electron chi connectivity index (χ4n) is 2.84. The number of hydrogen-bond donors (Lipinski definition) is 0. The number of likely N-dealkylation sites (tertiary alicyclic amines) is 1. The summed E-state index contributed by atoms with van der Waals surface area (Å²) in [6.45, 7) is 2.77. The summed E-state index contributed by atoms with van der Waals surface area (Å²) < 4.78 is 62.3. The minimum atomic E-state index is -4.61. The van der Waals surface area contributed by atoms with Gasteiger partial charge in [0.1, 0.15) is 12.6 Å². The van der Waals surface area contributed by atoms with Gasteiger partial charge in [0.15, 0.2) is 0 Å². The van der Waals surface area contributed by atoms with Crippen molar-refractivity contribution >= 4 is 17.7 Å². The van der Waals surface area contributed by atoms with Crippen LogP contribution in [0.15, 0.2) is 66.9 Å². The van der Waals surface area contributed by atoms with Crippen molar-refractivity contribution in [3.63, 3.8) is 0 Å². The molecule has 1 aliphatic heterocycles. The van der Waals surface area contributed by atoms with Gasteiger partial charge in [-0.25, -0.2) is 4.79 Å². The molecule has 1 amide bonds. The van der Waals surface area contributed by atoms with Crippen LogP contribution in [0.4, 0.5) is 22.4 Å². The number of nitrogens with zero attached hydrogens (tertiary/aromatic N) is 1. The third kappa shape index (κ3) is 3.27. The van der Waals surface area contributed by atoms with E-state index < -0.39 is 29.7 Å². The van der Waals surface area contributed by atoms with E-state index in [9.17, 15) is 22.4 Å². The van der Waals surface area contributed by atoms with Crippen LogP contribution in [0.3, 0.4) is 0 Å². The maximum absolute atomic E-state index is 14.5. The molecule has 2 aromatic rings. The molecule has 0 bridgehead atoms. The summed E-state index contributed by atoms with van der Waals surface area (Å²) in [7, 11) is 0. The second-order valence-electron chi connectivity index (χ2n) is 6.01. The second kappa shape index (κ2) is 6.88. The van der Waals surface area contributed by atoms with Gasteiger partial charge in [-0.2, -0.15) is 17.6 Å². The average Bonchev–Trinajstić information content (AvgIpc) is 2.78. The summed E-state index contributed by atoms with van der Waals surface area (Å²) in [5, 5.41) is 0.240. The molecule has 0 aliphatic carbocycles. The lowest BCUT2D eigenvalue weighted by Gasteiger charge is -2.26. The lowest BCUT2D eigenvalue weighted by Crippen LogP contribution is -2.40. The largest absolute Gasteiger partial charge is 0.444 e. The van der Waals surface area contributed by atoms with Crippen LogP contribution in [-0.2, 0) is 11.3 Å². The van der Waals surface area contributed by atoms with Crippen molar-refractivity contribution in [1.82, 2.24) is 4.90 Å². The van der Waals surface area contributed by atoms with Crippen molar-refractivity contribution in [2.75, 3.05) is 0 Å².